The lowest BCUT2D eigenvalue weighted by Gasteiger charge is -2.11. The van der Waals surface area contributed by atoms with Crippen molar-refractivity contribution in [3.8, 4) is 0 Å². The smallest absolute Gasteiger partial charge is 0.340 e. The number of esters is 1. The van der Waals surface area contributed by atoms with E-state index in [9.17, 15) is 9.18 Å². The van der Waals surface area contributed by atoms with Crippen LogP contribution < -0.4 is 5.32 Å². The van der Waals surface area contributed by atoms with Crippen molar-refractivity contribution < 1.29 is 13.9 Å². The van der Waals surface area contributed by atoms with Gasteiger partial charge in [0.15, 0.2) is 0 Å². The van der Waals surface area contributed by atoms with Crippen LogP contribution in [0.15, 0.2) is 18.2 Å². The molecule has 0 fully saturated rings. The molecular weight excluding hydrogens is 273 g/mol. The van der Waals surface area contributed by atoms with Crippen molar-refractivity contribution in [1.82, 2.24) is 9.78 Å². The van der Waals surface area contributed by atoms with Crippen LogP contribution in [0.5, 0.6) is 0 Å². The van der Waals surface area contributed by atoms with Gasteiger partial charge in [-0.15, -0.1) is 0 Å². The number of nitrogens with one attached hydrogen (secondary N) is 1. The van der Waals surface area contributed by atoms with Crippen molar-refractivity contribution in [3.05, 3.63) is 46.5 Å². The summed E-state index contributed by atoms with van der Waals surface area (Å²) in [4.78, 5) is 11.7. The van der Waals surface area contributed by atoms with Crippen LogP contribution >= 0.6 is 0 Å². The predicted molar refractivity (Wildman–Crippen MR) is 77.7 cm³/mol. The van der Waals surface area contributed by atoms with Crippen molar-refractivity contribution in [2.75, 3.05) is 12.4 Å². The van der Waals surface area contributed by atoms with Crippen molar-refractivity contribution in [1.29, 1.82) is 0 Å². The summed E-state index contributed by atoms with van der Waals surface area (Å²) < 4.78 is 19.8. The quantitative estimate of drug-likeness (QED) is 0.880. The number of aromatic nitrogens is 2. The molecule has 21 heavy (non-hydrogen) atoms. The Bertz CT molecular complexity index is 680. The maximum Gasteiger partial charge on any atom is 0.340 e. The number of aryl methyl sites for hydroxylation is 2. The second kappa shape index (κ2) is 5.95. The molecule has 0 saturated heterocycles. The van der Waals surface area contributed by atoms with E-state index < -0.39 is 11.8 Å². The third kappa shape index (κ3) is 3.04. The number of rotatable bonds is 4. The van der Waals surface area contributed by atoms with Gasteiger partial charge < -0.3 is 10.1 Å². The summed E-state index contributed by atoms with van der Waals surface area (Å²) in [7, 11) is 3.15. The molecule has 0 atom stereocenters. The number of carbonyl (C=O) groups excluding carboxylic acids is 1. The minimum absolute atomic E-state index is 0.177. The van der Waals surface area contributed by atoms with Crippen molar-refractivity contribution in [3.63, 3.8) is 0 Å². The van der Waals surface area contributed by atoms with Gasteiger partial charge in [0, 0.05) is 30.5 Å². The lowest BCUT2D eigenvalue weighted by Crippen LogP contribution is -2.09. The molecule has 0 bridgehead atoms. The van der Waals surface area contributed by atoms with Crippen molar-refractivity contribution >= 4 is 11.7 Å². The van der Waals surface area contributed by atoms with Gasteiger partial charge in [0.2, 0.25) is 0 Å². The lowest BCUT2D eigenvalue weighted by atomic mass is 10.1. The molecule has 5 nitrogen and oxygen atoms in total. The summed E-state index contributed by atoms with van der Waals surface area (Å²) in [6.07, 6.45) is 0. The van der Waals surface area contributed by atoms with Crippen LogP contribution in [-0.2, 0) is 18.3 Å². The maximum absolute atomic E-state index is 13.3. The highest BCUT2D eigenvalue weighted by Gasteiger charge is 2.14. The third-order valence-corrected chi connectivity index (χ3v) is 3.50. The third-order valence-electron chi connectivity index (χ3n) is 3.50. The minimum Gasteiger partial charge on any atom is -0.465 e. The first-order chi connectivity index (χ1) is 9.93. The molecule has 0 amide bonds. The second-order valence-electron chi connectivity index (χ2n) is 4.81. The second-order valence-corrected chi connectivity index (χ2v) is 4.81. The molecule has 112 valence electrons. The summed E-state index contributed by atoms with van der Waals surface area (Å²) in [5, 5.41) is 7.48. The summed E-state index contributed by atoms with van der Waals surface area (Å²) >= 11 is 0. The monoisotopic (exact) mass is 291 g/mol. The Hall–Kier alpha value is -2.37. The summed E-state index contributed by atoms with van der Waals surface area (Å²) in [6, 6.07) is 4.00. The number of carbonyl (C=O) groups is 1. The van der Waals surface area contributed by atoms with E-state index in [2.05, 4.69) is 15.2 Å². The molecule has 0 aliphatic heterocycles. The molecule has 0 aliphatic carbocycles. The van der Waals surface area contributed by atoms with Crippen molar-refractivity contribution in [2.24, 2.45) is 7.05 Å². The Kier molecular flexibility index (Phi) is 4.26. The molecule has 0 unspecified atom stereocenters. The van der Waals surface area contributed by atoms with Gasteiger partial charge >= 0.3 is 5.97 Å². The Morgan fingerprint density at radius 1 is 1.43 bits per heavy atom. The van der Waals surface area contributed by atoms with Crippen LogP contribution in [-0.4, -0.2) is 22.9 Å². The zero-order chi connectivity index (χ0) is 15.6. The Morgan fingerprint density at radius 2 is 2.14 bits per heavy atom. The molecule has 0 saturated carbocycles. The SMILES string of the molecule is COC(=O)c1cc(F)ccc1NCc1c(C)nn(C)c1C. The van der Waals surface area contributed by atoms with E-state index in [0.717, 1.165) is 23.0 Å². The molecule has 2 aromatic rings. The molecule has 0 radical (unpaired) electrons. The topological polar surface area (TPSA) is 56.1 Å². The Labute approximate surface area is 122 Å². The van der Waals surface area contributed by atoms with Crippen LogP contribution in [0.25, 0.3) is 0 Å². The number of ether oxygens (including phenoxy) is 1. The molecule has 1 heterocycles. The van der Waals surface area contributed by atoms with E-state index >= 15 is 0 Å². The first-order valence-electron chi connectivity index (χ1n) is 6.55. The first kappa shape index (κ1) is 15.0. The standard InChI is InChI=1S/C15H18FN3O2/c1-9-13(10(2)19(3)18-9)8-17-14-6-5-11(16)7-12(14)15(20)21-4/h5-7,17H,8H2,1-4H3. The fourth-order valence-corrected chi connectivity index (χ4v) is 2.21. The number of hydrogen-bond acceptors (Lipinski definition) is 4. The Balaban J connectivity index is 2.26. The van der Waals surface area contributed by atoms with Gasteiger partial charge in [0.1, 0.15) is 5.82 Å². The average molecular weight is 291 g/mol. The highest BCUT2D eigenvalue weighted by Crippen LogP contribution is 2.20. The Morgan fingerprint density at radius 3 is 2.71 bits per heavy atom. The maximum atomic E-state index is 13.3. The predicted octanol–water partition coefficient (Wildman–Crippen LogP) is 2.57. The molecule has 0 aliphatic rings. The molecule has 1 N–H and O–H groups in total. The van der Waals surface area contributed by atoms with E-state index in [1.165, 1.54) is 19.2 Å². The average Bonchev–Trinajstić information content (AvgIpc) is 2.70. The highest BCUT2D eigenvalue weighted by molar-refractivity contribution is 5.95. The summed E-state index contributed by atoms with van der Waals surface area (Å²) in [5.41, 5.74) is 3.73. The van der Waals surface area contributed by atoms with Gasteiger partial charge in [-0.25, -0.2) is 9.18 Å². The minimum atomic E-state index is -0.573. The van der Waals surface area contributed by atoms with Crippen LogP contribution in [0.3, 0.4) is 0 Å². The van der Waals surface area contributed by atoms with E-state index in [0.29, 0.717) is 12.2 Å². The largest absolute Gasteiger partial charge is 0.465 e. The van der Waals surface area contributed by atoms with Crippen LogP contribution in [0.2, 0.25) is 0 Å². The normalized spacial score (nSPS) is 10.5. The number of halogens is 1. The molecule has 0 spiro atoms. The number of benzene rings is 1. The number of nitrogens with zero attached hydrogens (tertiary/aromatic N) is 2. The van der Waals surface area contributed by atoms with Crippen LogP contribution in [0.4, 0.5) is 10.1 Å². The van der Waals surface area contributed by atoms with Gasteiger partial charge in [-0.2, -0.15) is 5.10 Å². The number of methoxy groups -OCH3 is 1. The summed E-state index contributed by atoms with van der Waals surface area (Å²) in [6.45, 7) is 4.40. The van der Waals surface area contributed by atoms with Gasteiger partial charge in [0.05, 0.1) is 18.4 Å². The molecule has 1 aromatic heterocycles. The number of anilines is 1. The molecule has 6 heteroatoms. The number of hydrogen-bond donors (Lipinski definition) is 1. The van der Waals surface area contributed by atoms with Gasteiger partial charge in [-0.1, -0.05) is 0 Å². The zero-order valence-corrected chi connectivity index (χ0v) is 12.5. The van der Waals surface area contributed by atoms with E-state index in [1.54, 1.807) is 4.68 Å². The fourth-order valence-electron chi connectivity index (χ4n) is 2.21. The van der Waals surface area contributed by atoms with Crippen molar-refractivity contribution in [2.45, 2.75) is 20.4 Å². The van der Waals surface area contributed by atoms with Gasteiger partial charge in [-0.3, -0.25) is 4.68 Å². The summed E-state index contributed by atoms with van der Waals surface area (Å²) in [5.74, 6) is -1.05. The van der Waals surface area contributed by atoms with Gasteiger partial charge in [-0.05, 0) is 32.0 Å². The van der Waals surface area contributed by atoms with Crippen LogP contribution in [0, 0.1) is 19.7 Å². The molecular formula is C15H18FN3O2. The highest BCUT2D eigenvalue weighted by atomic mass is 19.1. The van der Waals surface area contributed by atoms with Gasteiger partial charge in [0.25, 0.3) is 0 Å². The lowest BCUT2D eigenvalue weighted by molar-refractivity contribution is 0.0601. The van der Waals surface area contributed by atoms with Crippen LogP contribution in [0.1, 0.15) is 27.3 Å². The fraction of sp³-hybridized carbons (Fsp3) is 0.333. The molecule has 1 aromatic carbocycles. The zero-order valence-electron chi connectivity index (χ0n) is 12.5. The van der Waals surface area contributed by atoms with E-state index in [-0.39, 0.29) is 5.56 Å². The van der Waals surface area contributed by atoms with E-state index in [1.807, 2.05) is 20.9 Å². The first-order valence-corrected chi connectivity index (χ1v) is 6.55. The molecule has 2 rings (SSSR count). The van der Waals surface area contributed by atoms with E-state index in [4.69, 9.17) is 0 Å².